The first kappa shape index (κ1) is 21.5. The molecule has 4 heteroatoms. The molecule has 0 radical (unpaired) electrons. The molecule has 3 aliphatic rings. The Morgan fingerprint density at radius 1 is 0.667 bits per heavy atom. The number of hydrogen-bond donors (Lipinski definition) is 0. The number of piperazine rings is 1. The summed E-state index contributed by atoms with van der Waals surface area (Å²) in [6, 6.07) is 0.720. The summed E-state index contributed by atoms with van der Waals surface area (Å²) in [6.45, 7) is 28.2. The number of hydrogen-bond acceptors (Lipinski definition) is 4. The molecule has 0 amide bonds. The van der Waals surface area contributed by atoms with Gasteiger partial charge in [0.2, 0.25) is 0 Å². The first-order valence-electron chi connectivity index (χ1n) is 11.5. The lowest BCUT2D eigenvalue weighted by Crippen LogP contribution is -2.61. The van der Waals surface area contributed by atoms with Gasteiger partial charge < -0.3 is 4.90 Å². The van der Waals surface area contributed by atoms with Gasteiger partial charge >= 0.3 is 0 Å². The van der Waals surface area contributed by atoms with Gasteiger partial charge in [0, 0.05) is 62.9 Å². The van der Waals surface area contributed by atoms with Gasteiger partial charge in [0.25, 0.3) is 0 Å². The number of nitrogens with zero attached hydrogens (tertiary/aromatic N) is 4. The van der Waals surface area contributed by atoms with E-state index in [1.54, 1.807) is 0 Å². The highest BCUT2D eigenvalue weighted by Crippen LogP contribution is 2.28. The van der Waals surface area contributed by atoms with E-state index in [4.69, 9.17) is 0 Å². The summed E-state index contributed by atoms with van der Waals surface area (Å²) >= 11 is 0. The molecule has 3 aliphatic heterocycles. The van der Waals surface area contributed by atoms with E-state index >= 15 is 0 Å². The summed E-state index contributed by atoms with van der Waals surface area (Å²) in [7, 11) is 0. The molecule has 3 rings (SSSR count). The van der Waals surface area contributed by atoms with Crippen molar-refractivity contribution in [2.45, 2.75) is 78.4 Å². The van der Waals surface area contributed by atoms with E-state index in [9.17, 15) is 0 Å². The van der Waals surface area contributed by atoms with Crippen LogP contribution in [0.1, 0.15) is 61.3 Å². The van der Waals surface area contributed by atoms with Crippen molar-refractivity contribution < 1.29 is 0 Å². The molecule has 0 aliphatic carbocycles. The summed E-state index contributed by atoms with van der Waals surface area (Å²) in [5.41, 5.74) is 0.693. The van der Waals surface area contributed by atoms with Crippen molar-refractivity contribution in [2.24, 2.45) is 11.8 Å². The highest BCUT2D eigenvalue weighted by molar-refractivity contribution is 4.92. The van der Waals surface area contributed by atoms with Crippen molar-refractivity contribution >= 4 is 0 Å². The smallest absolute Gasteiger partial charge is 0.0195 e. The zero-order valence-corrected chi connectivity index (χ0v) is 19.3. The lowest BCUT2D eigenvalue weighted by atomic mass is 9.91. The maximum absolute atomic E-state index is 2.77. The Morgan fingerprint density at radius 3 is 1.78 bits per heavy atom. The Bertz CT molecular complexity index is 464. The fourth-order valence-electron chi connectivity index (χ4n) is 5.22. The lowest BCUT2D eigenvalue weighted by Gasteiger charge is -2.51. The third kappa shape index (κ3) is 5.68. The molecule has 0 saturated carbocycles. The van der Waals surface area contributed by atoms with E-state index in [-0.39, 0.29) is 0 Å². The minimum absolute atomic E-state index is 0.342. The van der Waals surface area contributed by atoms with Gasteiger partial charge in [-0.2, -0.15) is 0 Å². The summed E-state index contributed by atoms with van der Waals surface area (Å²) in [5, 5.41) is 0. The van der Waals surface area contributed by atoms with Crippen LogP contribution in [-0.4, -0.2) is 95.6 Å². The van der Waals surface area contributed by atoms with E-state index in [1.165, 1.54) is 71.7 Å². The van der Waals surface area contributed by atoms with Gasteiger partial charge in [-0.25, -0.2) is 0 Å². The van der Waals surface area contributed by atoms with Crippen molar-refractivity contribution in [3.05, 3.63) is 0 Å². The van der Waals surface area contributed by atoms with E-state index in [0.717, 1.165) is 17.9 Å². The second kappa shape index (κ2) is 8.30. The predicted octanol–water partition coefficient (Wildman–Crippen LogP) is 3.23. The topological polar surface area (TPSA) is 13.0 Å². The molecule has 0 bridgehead atoms. The Morgan fingerprint density at radius 2 is 1.26 bits per heavy atom. The van der Waals surface area contributed by atoms with Crippen molar-refractivity contribution in [1.82, 2.24) is 19.6 Å². The van der Waals surface area contributed by atoms with Gasteiger partial charge in [-0.3, -0.25) is 14.7 Å². The molecule has 1 atom stereocenters. The largest absolute Gasteiger partial charge is 0.300 e. The van der Waals surface area contributed by atoms with Crippen LogP contribution in [0.3, 0.4) is 0 Å². The van der Waals surface area contributed by atoms with Crippen LogP contribution in [0.25, 0.3) is 0 Å². The highest BCUT2D eigenvalue weighted by Gasteiger charge is 2.37. The van der Waals surface area contributed by atoms with Crippen LogP contribution in [0.2, 0.25) is 0 Å². The van der Waals surface area contributed by atoms with Gasteiger partial charge in [0.1, 0.15) is 0 Å². The Kier molecular flexibility index (Phi) is 6.62. The van der Waals surface area contributed by atoms with Gasteiger partial charge in [0.15, 0.2) is 0 Å². The van der Waals surface area contributed by atoms with Gasteiger partial charge in [0.05, 0.1) is 0 Å². The van der Waals surface area contributed by atoms with Crippen LogP contribution in [-0.2, 0) is 0 Å². The molecule has 0 aromatic rings. The molecule has 0 aromatic heterocycles. The fraction of sp³-hybridized carbons (Fsp3) is 1.00. The molecule has 27 heavy (non-hydrogen) atoms. The minimum Gasteiger partial charge on any atom is -0.300 e. The number of piperidine rings is 1. The average molecular weight is 379 g/mol. The van der Waals surface area contributed by atoms with Crippen molar-refractivity contribution in [2.75, 3.05) is 58.9 Å². The maximum Gasteiger partial charge on any atom is 0.0195 e. The number of rotatable bonds is 4. The molecule has 3 saturated heterocycles. The maximum atomic E-state index is 2.77. The van der Waals surface area contributed by atoms with Crippen molar-refractivity contribution in [1.29, 1.82) is 0 Å². The van der Waals surface area contributed by atoms with Gasteiger partial charge in [-0.15, -0.1) is 0 Å². The molecule has 1 unspecified atom stereocenters. The Hall–Kier alpha value is -0.160. The van der Waals surface area contributed by atoms with E-state index in [1.807, 2.05) is 0 Å². The second-order valence-electron chi connectivity index (χ2n) is 11.6. The van der Waals surface area contributed by atoms with Crippen molar-refractivity contribution in [3.63, 3.8) is 0 Å². The van der Waals surface area contributed by atoms with Crippen LogP contribution in [0, 0.1) is 11.8 Å². The summed E-state index contributed by atoms with van der Waals surface area (Å²) in [6.07, 6.45) is 2.77. The van der Waals surface area contributed by atoms with Crippen LogP contribution in [0.4, 0.5) is 0 Å². The zero-order chi connectivity index (χ0) is 19.8. The average Bonchev–Trinajstić information content (AvgIpc) is 2.50. The standard InChI is InChI=1S/C23H46N4/c1-19-14-24(15-20-8-10-26(11-9-20)22(2,3)4)12-13-25(19)16-21-17-27(18-21)23(5,6)7/h19-21H,8-18H2,1-7H3. The number of likely N-dealkylation sites (tertiary alicyclic amines) is 2. The molecule has 4 nitrogen and oxygen atoms in total. The van der Waals surface area contributed by atoms with Gasteiger partial charge in [-0.05, 0) is 86.2 Å². The fourth-order valence-corrected chi connectivity index (χ4v) is 5.22. The second-order valence-corrected chi connectivity index (χ2v) is 11.6. The Balaban J connectivity index is 1.36. The molecule has 0 N–H and O–H groups in total. The van der Waals surface area contributed by atoms with Crippen LogP contribution < -0.4 is 0 Å². The van der Waals surface area contributed by atoms with Crippen LogP contribution >= 0.6 is 0 Å². The monoisotopic (exact) mass is 378 g/mol. The molecule has 0 spiro atoms. The molecular formula is C23H46N4. The molecular weight excluding hydrogens is 332 g/mol. The predicted molar refractivity (Wildman–Crippen MR) is 116 cm³/mol. The summed E-state index contributed by atoms with van der Waals surface area (Å²) in [4.78, 5) is 10.8. The minimum atomic E-state index is 0.342. The van der Waals surface area contributed by atoms with Crippen molar-refractivity contribution in [3.8, 4) is 0 Å². The van der Waals surface area contributed by atoms with E-state index in [0.29, 0.717) is 11.1 Å². The highest BCUT2D eigenvalue weighted by atomic mass is 15.3. The lowest BCUT2D eigenvalue weighted by molar-refractivity contribution is -0.0216. The molecule has 3 heterocycles. The molecule has 3 fully saturated rings. The first-order chi connectivity index (χ1) is 12.5. The summed E-state index contributed by atoms with van der Waals surface area (Å²) < 4.78 is 0. The summed E-state index contributed by atoms with van der Waals surface area (Å²) in [5.74, 6) is 1.80. The third-order valence-electron chi connectivity index (χ3n) is 7.33. The molecule has 0 aromatic carbocycles. The van der Waals surface area contributed by atoms with Crippen LogP contribution in [0.15, 0.2) is 0 Å². The third-order valence-corrected chi connectivity index (χ3v) is 7.33. The first-order valence-corrected chi connectivity index (χ1v) is 11.5. The molecule has 158 valence electrons. The Labute approximate surface area is 169 Å². The zero-order valence-electron chi connectivity index (χ0n) is 19.3. The normalized spacial score (nSPS) is 29.2. The quantitative estimate of drug-likeness (QED) is 0.744. The SMILES string of the molecule is CC1CN(CC2CCN(C(C)(C)C)CC2)CCN1CC1CN(C(C)(C)C)C1. The van der Waals surface area contributed by atoms with Gasteiger partial charge in [-0.1, -0.05) is 0 Å². The van der Waals surface area contributed by atoms with E-state index < -0.39 is 0 Å². The van der Waals surface area contributed by atoms with E-state index in [2.05, 4.69) is 68.1 Å². The van der Waals surface area contributed by atoms with Crippen LogP contribution in [0.5, 0.6) is 0 Å².